The van der Waals surface area contributed by atoms with E-state index in [4.69, 9.17) is 23.7 Å². The van der Waals surface area contributed by atoms with Crippen molar-refractivity contribution in [1.82, 2.24) is 0 Å². The first-order valence-corrected chi connectivity index (χ1v) is 8.51. The van der Waals surface area contributed by atoms with E-state index in [1.807, 2.05) is 0 Å². The molecule has 2 aromatic rings. The van der Waals surface area contributed by atoms with Crippen molar-refractivity contribution in [1.29, 1.82) is 0 Å². The van der Waals surface area contributed by atoms with E-state index in [0.717, 1.165) is 0 Å². The lowest BCUT2D eigenvalue weighted by molar-refractivity contribution is -0.0555. The van der Waals surface area contributed by atoms with Crippen molar-refractivity contribution in [3.05, 3.63) is 39.4 Å². The van der Waals surface area contributed by atoms with Crippen LogP contribution in [0.2, 0.25) is 0 Å². The third kappa shape index (κ3) is 2.27. The predicted octanol–water partition coefficient (Wildman–Crippen LogP) is 3.12. The van der Waals surface area contributed by atoms with Crippen molar-refractivity contribution in [2.75, 3.05) is 14.2 Å². The second-order valence-corrected chi connectivity index (χ2v) is 6.58. The van der Waals surface area contributed by atoms with Crippen LogP contribution in [0.15, 0.2) is 6.07 Å². The average Bonchev–Trinajstić information content (AvgIpc) is 2.84. The number of esters is 2. The van der Waals surface area contributed by atoms with Crippen LogP contribution in [0.1, 0.15) is 49.3 Å². The fourth-order valence-corrected chi connectivity index (χ4v) is 3.65. The Labute approximate surface area is 160 Å². The molecule has 8 nitrogen and oxygen atoms in total. The number of carbonyl (C=O) groups excluding carboxylic acids is 2. The van der Waals surface area contributed by atoms with Crippen LogP contribution in [0.3, 0.4) is 0 Å². The van der Waals surface area contributed by atoms with Crippen molar-refractivity contribution in [3.63, 3.8) is 0 Å². The minimum absolute atomic E-state index is 0.0366. The molecule has 0 unspecified atom stereocenters. The molecule has 0 aliphatic carbocycles. The Morgan fingerprint density at radius 3 is 2.25 bits per heavy atom. The smallest absolute Gasteiger partial charge is 0.347 e. The van der Waals surface area contributed by atoms with E-state index >= 15 is 0 Å². The summed E-state index contributed by atoms with van der Waals surface area (Å²) in [5, 5.41) is 10.3. The highest BCUT2D eigenvalue weighted by Gasteiger charge is 2.42. The van der Waals surface area contributed by atoms with E-state index in [1.165, 1.54) is 14.2 Å². The molecule has 1 atom stereocenters. The predicted molar refractivity (Wildman–Crippen MR) is 95.6 cm³/mol. The number of aliphatic hydroxyl groups excluding tert-OH is 1. The van der Waals surface area contributed by atoms with Gasteiger partial charge in [0.2, 0.25) is 6.29 Å². The molecule has 0 bridgehead atoms. The molecule has 28 heavy (non-hydrogen) atoms. The summed E-state index contributed by atoms with van der Waals surface area (Å²) >= 11 is 0. The maximum absolute atomic E-state index is 12.9. The van der Waals surface area contributed by atoms with Crippen LogP contribution in [0, 0.1) is 20.8 Å². The fraction of sp³-hybridized carbons (Fsp3) is 0.300. The van der Waals surface area contributed by atoms with Gasteiger partial charge in [0.05, 0.1) is 19.8 Å². The standard InChI is InChI=1S/C20H18O8/c1-7-6-10(24-4)8(2)15-11(7)18(21)27-16-9(3)14(25-5)12-13(17(16)26-15)20(23)28-19(12)22/h6,20,23H,1-5H3/t20-/m0/s1. The van der Waals surface area contributed by atoms with E-state index < -0.39 is 18.2 Å². The molecule has 0 saturated carbocycles. The zero-order valence-electron chi connectivity index (χ0n) is 16.0. The summed E-state index contributed by atoms with van der Waals surface area (Å²) in [7, 11) is 2.89. The van der Waals surface area contributed by atoms with Crippen LogP contribution in [0.5, 0.6) is 28.7 Å². The maximum Gasteiger partial charge on any atom is 0.347 e. The zero-order valence-corrected chi connectivity index (χ0v) is 16.0. The van der Waals surface area contributed by atoms with Gasteiger partial charge in [0.1, 0.15) is 28.4 Å². The second-order valence-electron chi connectivity index (χ2n) is 6.58. The van der Waals surface area contributed by atoms with E-state index in [0.29, 0.717) is 22.4 Å². The van der Waals surface area contributed by atoms with E-state index in [1.54, 1.807) is 26.8 Å². The monoisotopic (exact) mass is 386 g/mol. The van der Waals surface area contributed by atoms with Gasteiger partial charge in [0.25, 0.3) is 0 Å². The van der Waals surface area contributed by atoms with Gasteiger partial charge in [0.15, 0.2) is 11.5 Å². The number of fused-ring (bicyclic) bond motifs is 4. The molecule has 8 heteroatoms. The first-order chi connectivity index (χ1) is 13.3. The Bertz CT molecular complexity index is 1050. The fourth-order valence-electron chi connectivity index (χ4n) is 3.65. The third-order valence-corrected chi connectivity index (χ3v) is 5.00. The molecule has 146 valence electrons. The minimum atomic E-state index is -1.57. The zero-order chi connectivity index (χ0) is 20.3. The molecule has 4 rings (SSSR count). The molecular formula is C20H18O8. The molecule has 2 aliphatic rings. The highest BCUT2D eigenvalue weighted by atomic mass is 16.6. The maximum atomic E-state index is 12.9. The Hall–Kier alpha value is -3.26. The molecule has 0 aromatic heterocycles. The van der Waals surface area contributed by atoms with E-state index in [2.05, 4.69) is 0 Å². The Morgan fingerprint density at radius 2 is 1.61 bits per heavy atom. The number of aliphatic hydroxyl groups is 1. The Balaban J connectivity index is 2.08. The van der Waals surface area contributed by atoms with Crippen molar-refractivity contribution >= 4 is 11.9 Å². The normalized spacial score (nSPS) is 16.9. The first kappa shape index (κ1) is 18.1. The summed E-state index contributed by atoms with van der Waals surface area (Å²) in [6.45, 7) is 5.10. The van der Waals surface area contributed by atoms with Crippen molar-refractivity contribution in [2.45, 2.75) is 27.1 Å². The SMILES string of the molecule is COc1cc(C)c2c(c1C)Oc1c(c(C)c(OC)c3c1[C@@H](O)OC3=O)OC2=O. The highest BCUT2D eigenvalue weighted by molar-refractivity contribution is 6.02. The summed E-state index contributed by atoms with van der Waals surface area (Å²) in [5.41, 5.74) is 1.90. The van der Waals surface area contributed by atoms with Crippen LogP contribution in [-0.4, -0.2) is 31.3 Å². The summed E-state index contributed by atoms with van der Waals surface area (Å²) < 4.78 is 27.3. The van der Waals surface area contributed by atoms with Crippen molar-refractivity contribution in [2.24, 2.45) is 0 Å². The Kier molecular flexibility index (Phi) is 3.97. The van der Waals surface area contributed by atoms with Crippen LogP contribution in [0.25, 0.3) is 0 Å². The number of methoxy groups -OCH3 is 2. The number of ether oxygens (including phenoxy) is 5. The molecule has 0 amide bonds. The lowest BCUT2D eigenvalue weighted by atomic mass is 10.0. The Morgan fingerprint density at radius 1 is 0.893 bits per heavy atom. The van der Waals surface area contributed by atoms with Crippen molar-refractivity contribution in [3.8, 4) is 28.7 Å². The molecular weight excluding hydrogens is 368 g/mol. The molecule has 2 aliphatic heterocycles. The molecule has 2 heterocycles. The molecule has 0 radical (unpaired) electrons. The van der Waals surface area contributed by atoms with Gasteiger partial charge in [-0.3, -0.25) is 0 Å². The molecule has 2 aromatic carbocycles. The quantitative estimate of drug-likeness (QED) is 0.621. The van der Waals surface area contributed by atoms with Gasteiger partial charge in [-0.05, 0) is 32.4 Å². The second kappa shape index (κ2) is 6.13. The van der Waals surface area contributed by atoms with Gasteiger partial charge in [-0.1, -0.05) is 0 Å². The summed E-state index contributed by atoms with van der Waals surface area (Å²) in [4.78, 5) is 25.2. The molecule has 0 fully saturated rings. The van der Waals surface area contributed by atoms with Gasteiger partial charge in [0, 0.05) is 11.1 Å². The largest absolute Gasteiger partial charge is 0.496 e. The van der Waals surface area contributed by atoms with E-state index in [9.17, 15) is 14.7 Å². The van der Waals surface area contributed by atoms with Crippen molar-refractivity contribution < 1.29 is 38.4 Å². The van der Waals surface area contributed by atoms with Gasteiger partial charge >= 0.3 is 11.9 Å². The molecule has 0 spiro atoms. The van der Waals surface area contributed by atoms with Crippen LogP contribution in [-0.2, 0) is 4.74 Å². The highest BCUT2D eigenvalue weighted by Crippen LogP contribution is 2.53. The summed E-state index contributed by atoms with van der Waals surface area (Å²) in [5.74, 6) is -0.351. The molecule has 0 saturated heterocycles. The van der Waals surface area contributed by atoms with Gasteiger partial charge in [-0.15, -0.1) is 0 Å². The van der Waals surface area contributed by atoms with Crippen LogP contribution in [0.4, 0.5) is 0 Å². The number of benzene rings is 2. The number of aryl methyl sites for hydroxylation is 1. The number of cyclic esters (lactones) is 1. The number of hydrogen-bond donors (Lipinski definition) is 1. The third-order valence-electron chi connectivity index (χ3n) is 5.00. The molecule has 1 N–H and O–H groups in total. The van der Waals surface area contributed by atoms with Crippen LogP contribution < -0.4 is 18.9 Å². The summed E-state index contributed by atoms with van der Waals surface area (Å²) in [6.07, 6.45) is -1.57. The van der Waals surface area contributed by atoms with Gasteiger partial charge in [-0.25, -0.2) is 9.59 Å². The summed E-state index contributed by atoms with van der Waals surface area (Å²) in [6, 6.07) is 1.72. The van der Waals surface area contributed by atoms with Gasteiger partial charge < -0.3 is 28.8 Å². The minimum Gasteiger partial charge on any atom is -0.496 e. The average molecular weight is 386 g/mol. The van der Waals surface area contributed by atoms with Crippen LogP contribution >= 0.6 is 0 Å². The number of carbonyl (C=O) groups is 2. The topological polar surface area (TPSA) is 101 Å². The lowest BCUT2D eigenvalue weighted by Gasteiger charge is -2.18. The lowest BCUT2D eigenvalue weighted by Crippen LogP contribution is -2.11. The first-order valence-electron chi connectivity index (χ1n) is 8.51. The van der Waals surface area contributed by atoms with Gasteiger partial charge in [-0.2, -0.15) is 0 Å². The van der Waals surface area contributed by atoms with E-state index in [-0.39, 0.29) is 39.7 Å². The number of rotatable bonds is 2. The number of hydrogen-bond acceptors (Lipinski definition) is 8.